The third kappa shape index (κ3) is 3.96. The summed E-state index contributed by atoms with van der Waals surface area (Å²) < 4.78 is 0. The van der Waals surface area contributed by atoms with Crippen LogP contribution in [0.4, 0.5) is 0 Å². The number of benzene rings is 2. The average Bonchev–Trinajstić information content (AvgIpc) is 2.49. The van der Waals surface area contributed by atoms with E-state index in [4.69, 9.17) is 5.26 Å². The van der Waals surface area contributed by atoms with Gasteiger partial charge in [0.25, 0.3) is 5.91 Å². The maximum absolute atomic E-state index is 12.0. The Kier molecular flexibility index (Phi) is 4.91. The lowest BCUT2D eigenvalue weighted by Crippen LogP contribution is -2.25. The van der Waals surface area contributed by atoms with E-state index < -0.39 is 0 Å². The van der Waals surface area contributed by atoms with E-state index in [1.165, 1.54) is 5.56 Å². The highest BCUT2D eigenvalue weighted by atomic mass is 16.1. The van der Waals surface area contributed by atoms with Crippen molar-refractivity contribution in [3.8, 4) is 6.07 Å². The normalized spacial score (nSPS) is 9.75. The minimum Gasteiger partial charge on any atom is -0.352 e. The summed E-state index contributed by atoms with van der Waals surface area (Å²) in [5, 5.41) is 11.6. The topological polar surface area (TPSA) is 52.9 Å². The van der Waals surface area contributed by atoms with Crippen LogP contribution in [-0.2, 0) is 12.8 Å². The summed E-state index contributed by atoms with van der Waals surface area (Å²) in [6.07, 6.45) is 1.13. The molecule has 2 aromatic carbocycles. The van der Waals surface area contributed by atoms with Gasteiger partial charge in [0.05, 0.1) is 12.5 Å². The minimum absolute atomic E-state index is 0.0966. The predicted octanol–water partition coefficient (Wildman–Crippen LogP) is 2.73. The van der Waals surface area contributed by atoms with E-state index in [2.05, 4.69) is 11.4 Å². The van der Waals surface area contributed by atoms with Crippen LogP contribution in [0.25, 0.3) is 0 Å². The number of amides is 1. The van der Waals surface area contributed by atoms with Crippen LogP contribution in [0, 0.1) is 11.3 Å². The molecule has 0 unspecified atom stereocenters. The lowest BCUT2D eigenvalue weighted by atomic mass is 10.1. The van der Waals surface area contributed by atoms with Gasteiger partial charge in [-0.1, -0.05) is 42.5 Å². The molecule has 0 aromatic heterocycles. The lowest BCUT2D eigenvalue weighted by molar-refractivity contribution is 0.0954. The van der Waals surface area contributed by atoms with Crippen LogP contribution in [0.15, 0.2) is 54.6 Å². The molecule has 0 aliphatic rings. The van der Waals surface area contributed by atoms with Crippen LogP contribution >= 0.6 is 0 Å². The molecular formula is C17H16N2O. The van der Waals surface area contributed by atoms with Gasteiger partial charge in [0.15, 0.2) is 0 Å². The summed E-state index contributed by atoms with van der Waals surface area (Å²) in [5.41, 5.74) is 2.67. The van der Waals surface area contributed by atoms with Crippen LogP contribution in [0.3, 0.4) is 0 Å². The second-order valence-corrected chi connectivity index (χ2v) is 4.53. The molecule has 0 heterocycles. The number of rotatable bonds is 5. The Bertz CT molecular complexity index is 614. The summed E-state index contributed by atoms with van der Waals surface area (Å²) >= 11 is 0. The molecular weight excluding hydrogens is 248 g/mol. The van der Waals surface area contributed by atoms with Crippen molar-refractivity contribution in [2.45, 2.75) is 12.8 Å². The van der Waals surface area contributed by atoms with Crippen LogP contribution < -0.4 is 5.32 Å². The molecule has 0 aliphatic carbocycles. The molecule has 1 amide bonds. The molecule has 0 aliphatic heterocycles. The van der Waals surface area contributed by atoms with E-state index in [0.29, 0.717) is 18.5 Å². The number of nitrogens with one attached hydrogen (secondary N) is 1. The Hall–Kier alpha value is -2.60. The average molecular weight is 264 g/mol. The lowest BCUT2D eigenvalue weighted by Gasteiger charge is -2.06. The minimum atomic E-state index is -0.0966. The van der Waals surface area contributed by atoms with Crippen molar-refractivity contribution < 1.29 is 4.79 Å². The van der Waals surface area contributed by atoms with Gasteiger partial charge >= 0.3 is 0 Å². The molecule has 0 radical (unpaired) electrons. The molecule has 0 fully saturated rings. The molecule has 0 bridgehead atoms. The number of nitrogens with zero attached hydrogens (tertiary/aromatic N) is 1. The molecule has 0 atom stereocenters. The summed E-state index contributed by atoms with van der Waals surface area (Å²) in [4.78, 5) is 12.0. The van der Waals surface area contributed by atoms with Gasteiger partial charge in [-0.2, -0.15) is 5.26 Å². The van der Waals surface area contributed by atoms with Crippen molar-refractivity contribution in [3.05, 3.63) is 71.3 Å². The van der Waals surface area contributed by atoms with Gasteiger partial charge in [0, 0.05) is 12.1 Å². The third-order valence-corrected chi connectivity index (χ3v) is 3.01. The highest BCUT2D eigenvalue weighted by Gasteiger charge is 2.05. The number of nitriles is 1. The molecule has 100 valence electrons. The Morgan fingerprint density at radius 1 is 1.05 bits per heavy atom. The van der Waals surface area contributed by atoms with Gasteiger partial charge in [-0.25, -0.2) is 0 Å². The maximum Gasteiger partial charge on any atom is 0.251 e. The van der Waals surface area contributed by atoms with E-state index in [0.717, 1.165) is 12.0 Å². The zero-order valence-corrected chi connectivity index (χ0v) is 11.2. The Morgan fingerprint density at radius 2 is 1.80 bits per heavy atom. The fraction of sp³-hybridized carbons (Fsp3) is 0.176. The van der Waals surface area contributed by atoms with E-state index >= 15 is 0 Å². The van der Waals surface area contributed by atoms with Gasteiger partial charge in [-0.15, -0.1) is 0 Å². The molecule has 0 saturated heterocycles. The molecule has 3 heteroatoms. The maximum atomic E-state index is 12.0. The first kappa shape index (κ1) is 13.8. The number of hydrogen-bond acceptors (Lipinski definition) is 2. The summed E-state index contributed by atoms with van der Waals surface area (Å²) in [6.45, 7) is 0.603. The van der Waals surface area contributed by atoms with Gasteiger partial charge in [0.1, 0.15) is 0 Å². The number of carbonyl (C=O) groups excluding carboxylic acids is 1. The smallest absolute Gasteiger partial charge is 0.251 e. The van der Waals surface area contributed by atoms with Gasteiger partial charge in [-0.3, -0.25) is 4.79 Å². The molecule has 20 heavy (non-hydrogen) atoms. The molecule has 0 saturated carbocycles. The van der Waals surface area contributed by atoms with E-state index in [9.17, 15) is 4.79 Å². The second kappa shape index (κ2) is 7.10. The Morgan fingerprint density at radius 3 is 2.55 bits per heavy atom. The first-order chi connectivity index (χ1) is 9.79. The Labute approximate surface area is 118 Å². The van der Waals surface area contributed by atoms with Crippen LogP contribution in [-0.4, -0.2) is 12.5 Å². The van der Waals surface area contributed by atoms with Crippen LogP contribution in [0.5, 0.6) is 0 Å². The standard InChI is InChI=1S/C17H16N2O/c18-11-9-15-7-4-8-16(13-15)17(20)19-12-10-14-5-2-1-3-6-14/h1-8,13H,9-10,12H2,(H,19,20). The van der Waals surface area contributed by atoms with E-state index in [1.807, 2.05) is 36.4 Å². The van der Waals surface area contributed by atoms with Crippen molar-refractivity contribution in [3.63, 3.8) is 0 Å². The third-order valence-electron chi connectivity index (χ3n) is 3.01. The number of carbonyl (C=O) groups is 1. The van der Waals surface area contributed by atoms with Crippen molar-refractivity contribution >= 4 is 5.91 Å². The Balaban J connectivity index is 1.89. The fourth-order valence-electron chi connectivity index (χ4n) is 1.98. The molecule has 0 spiro atoms. The fourth-order valence-corrected chi connectivity index (χ4v) is 1.98. The summed E-state index contributed by atoms with van der Waals surface area (Å²) in [6, 6.07) is 19.3. The van der Waals surface area contributed by atoms with Gasteiger partial charge in [-0.05, 0) is 29.7 Å². The molecule has 2 rings (SSSR count). The van der Waals surface area contributed by atoms with Crippen LogP contribution in [0.2, 0.25) is 0 Å². The van der Waals surface area contributed by atoms with Crippen molar-refractivity contribution in [1.29, 1.82) is 5.26 Å². The quantitative estimate of drug-likeness (QED) is 0.902. The monoisotopic (exact) mass is 264 g/mol. The van der Waals surface area contributed by atoms with Crippen molar-refractivity contribution in [2.24, 2.45) is 0 Å². The SMILES string of the molecule is N#CCc1cccc(C(=O)NCCc2ccccc2)c1. The van der Waals surface area contributed by atoms with Crippen LogP contribution in [0.1, 0.15) is 21.5 Å². The first-order valence-electron chi connectivity index (χ1n) is 6.57. The summed E-state index contributed by atoms with van der Waals surface area (Å²) in [7, 11) is 0. The van der Waals surface area contributed by atoms with E-state index in [1.54, 1.807) is 18.2 Å². The largest absolute Gasteiger partial charge is 0.352 e. The van der Waals surface area contributed by atoms with Crippen molar-refractivity contribution in [2.75, 3.05) is 6.54 Å². The predicted molar refractivity (Wildman–Crippen MR) is 78.2 cm³/mol. The molecule has 1 N–H and O–H groups in total. The zero-order chi connectivity index (χ0) is 14.2. The highest BCUT2D eigenvalue weighted by Crippen LogP contribution is 2.06. The zero-order valence-electron chi connectivity index (χ0n) is 11.2. The first-order valence-corrected chi connectivity index (χ1v) is 6.57. The number of hydrogen-bond donors (Lipinski definition) is 1. The summed E-state index contributed by atoms with van der Waals surface area (Å²) in [5.74, 6) is -0.0966. The molecule has 2 aromatic rings. The molecule has 3 nitrogen and oxygen atoms in total. The van der Waals surface area contributed by atoms with Crippen molar-refractivity contribution in [1.82, 2.24) is 5.32 Å². The van der Waals surface area contributed by atoms with Gasteiger partial charge < -0.3 is 5.32 Å². The highest BCUT2D eigenvalue weighted by molar-refractivity contribution is 5.94. The van der Waals surface area contributed by atoms with Gasteiger partial charge in [0.2, 0.25) is 0 Å². The van der Waals surface area contributed by atoms with E-state index in [-0.39, 0.29) is 5.91 Å². The second-order valence-electron chi connectivity index (χ2n) is 4.53.